The average molecular weight is 483 g/mol. The van der Waals surface area contributed by atoms with Gasteiger partial charge in [-0.2, -0.15) is 5.26 Å². The van der Waals surface area contributed by atoms with Crippen LogP contribution in [0.2, 0.25) is 0 Å². The van der Waals surface area contributed by atoms with E-state index >= 15 is 0 Å². The van der Waals surface area contributed by atoms with Crippen LogP contribution >= 0.6 is 0 Å². The molecule has 2 amide bonds. The first-order valence-electron chi connectivity index (χ1n) is 12.0. The zero-order valence-corrected chi connectivity index (χ0v) is 20.2. The third kappa shape index (κ3) is 5.64. The number of nitrogens with zero attached hydrogens (tertiary/aromatic N) is 1. The summed E-state index contributed by atoms with van der Waals surface area (Å²) in [6.07, 6.45) is 3.31. The van der Waals surface area contributed by atoms with Crippen molar-refractivity contribution in [3.63, 3.8) is 0 Å². The van der Waals surface area contributed by atoms with Crippen molar-refractivity contribution in [2.45, 2.75) is 64.0 Å². The Morgan fingerprint density at radius 1 is 1.31 bits per heavy atom. The van der Waals surface area contributed by atoms with Gasteiger partial charge in [0, 0.05) is 29.2 Å². The van der Waals surface area contributed by atoms with E-state index in [1.54, 1.807) is 6.07 Å². The van der Waals surface area contributed by atoms with Gasteiger partial charge in [-0.15, -0.1) is 0 Å². The van der Waals surface area contributed by atoms with Gasteiger partial charge in [-0.1, -0.05) is 12.8 Å². The average Bonchev–Trinajstić information content (AvgIpc) is 3.43. The summed E-state index contributed by atoms with van der Waals surface area (Å²) in [7, 11) is 1.47. The van der Waals surface area contributed by atoms with E-state index in [4.69, 9.17) is 4.74 Å². The Morgan fingerprint density at radius 3 is 2.66 bits per heavy atom. The van der Waals surface area contributed by atoms with E-state index in [0.29, 0.717) is 29.9 Å². The second-order valence-electron chi connectivity index (χ2n) is 10.4. The maximum Gasteiger partial charge on any atom is 0.224 e. The third-order valence-corrected chi connectivity index (χ3v) is 6.92. The predicted octanol–water partition coefficient (Wildman–Crippen LogP) is 3.62. The van der Waals surface area contributed by atoms with Gasteiger partial charge in [-0.3, -0.25) is 14.4 Å². The molecule has 1 aromatic heterocycles. The molecule has 2 aromatic rings. The van der Waals surface area contributed by atoms with Crippen LogP contribution in [0, 0.1) is 34.9 Å². The standard InChI is InChI=1S/C26H31FN4O4/c1-26(2)12-16(25(34)31-26)9-17(13-28)29-24(33)15(8-14-4-5-14)10-21(32)20-11-18-22(35-3)7-6-19(27)23(18)30-20/h6-7,11,14-17,30H,4-5,8-10,12H2,1-3H3,(H,29,33)(H,31,34)/t15-,16-,17+/m1/s1. The van der Waals surface area contributed by atoms with Crippen LogP contribution in [0.3, 0.4) is 0 Å². The zero-order chi connectivity index (χ0) is 25.3. The van der Waals surface area contributed by atoms with Crippen molar-refractivity contribution in [1.82, 2.24) is 15.6 Å². The van der Waals surface area contributed by atoms with Crippen molar-refractivity contribution in [2.75, 3.05) is 7.11 Å². The molecule has 1 saturated heterocycles. The van der Waals surface area contributed by atoms with Crippen LogP contribution in [-0.2, 0) is 9.59 Å². The van der Waals surface area contributed by atoms with E-state index in [0.717, 1.165) is 12.8 Å². The van der Waals surface area contributed by atoms with Crippen molar-refractivity contribution >= 4 is 28.5 Å². The number of amides is 2. The Labute approximate surface area is 203 Å². The van der Waals surface area contributed by atoms with Crippen LogP contribution in [0.4, 0.5) is 4.39 Å². The number of ether oxygens (including phenoxy) is 1. The monoisotopic (exact) mass is 482 g/mol. The molecule has 9 heteroatoms. The first kappa shape index (κ1) is 24.7. The number of aromatic nitrogens is 1. The molecule has 1 aliphatic carbocycles. The summed E-state index contributed by atoms with van der Waals surface area (Å²) >= 11 is 0. The molecule has 0 radical (unpaired) electrons. The molecule has 0 unspecified atom stereocenters. The lowest BCUT2D eigenvalue weighted by molar-refractivity contribution is -0.127. The number of nitrogens with one attached hydrogen (secondary N) is 3. The first-order valence-corrected chi connectivity index (χ1v) is 12.0. The number of carbonyl (C=O) groups excluding carboxylic acids is 3. The molecule has 0 spiro atoms. The summed E-state index contributed by atoms with van der Waals surface area (Å²) < 4.78 is 19.5. The molecule has 1 aliphatic heterocycles. The van der Waals surface area contributed by atoms with E-state index in [1.165, 1.54) is 19.2 Å². The van der Waals surface area contributed by atoms with Gasteiger partial charge in [0.1, 0.15) is 17.6 Å². The Kier molecular flexibility index (Phi) is 6.84. The number of ketones is 1. The summed E-state index contributed by atoms with van der Waals surface area (Å²) in [6.45, 7) is 3.85. The molecule has 35 heavy (non-hydrogen) atoms. The lowest BCUT2D eigenvalue weighted by Gasteiger charge is -2.20. The molecule has 2 fully saturated rings. The highest BCUT2D eigenvalue weighted by atomic mass is 19.1. The summed E-state index contributed by atoms with van der Waals surface area (Å²) in [5.74, 6) is -1.43. The number of rotatable bonds is 10. The number of aromatic amines is 1. The second kappa shape index (κ2) is 9.68. The largest absolute Gasteiger partial charge is 0.496 e. The van der Waals surface area contributed by atoms with Gasteiger partial charge in [0.25, 0.3) is 0 Å². The van der Waals surface area contributed by atoms with Gasteiger partial charge >= 0.3 is 0 Å². The number of nitriles is 1. The Bertz CT molecular complexity index is 1190. The van der Waals surface area contributed by atoms with E-state index in [9.17, 15) is 24.0 Å². The third-order valence-electron chi connectivity index (χ3n) is 6.92. The maximum atomic E-state index is 14.3. The van der Waals surface area contributed by atoms with Crippen LogP contribution in [0.15, 0.2) is 18.2 Å². The summed E-state index contributed by atoms with van der Waals surface area (Å²) in [5.41, 5.74) is 0.0472. The molecule has 8 nitrogen and oxygen atoms in total. The number of benzene rings is 1. The number of methoxy groups -OCH3 is 1. The Hall–Kier alpha value is -3.41. The quantitative estimate of drug-likeness (QED) is 0.446. The molecular formula is C26H31FN4O4. The highest BCUT2D eigenvalue weighted by Gasteiger charge is 2.39. The van der Waals surface area contributed by atoms with Crippen molar-refractivity contribution in [3.05, 3.63) is 29.7 Å². The van der Waals surface area contributed by atoms with Crippen LogP contribution in [0.1, 0.15) is 62.9 Å². The van der Waals surface area contributed by atoms with E-state index < -0.39 is 17.8 Å². The summed E-state index contributed by atoms with van der Waals surface area (Å²) in [5, 5.41) is 15.8. The number of carbonyl (C=O) groups is 3. The normalized spacial score (nSPS) is 20.7. The number of hydrogen-bond donors (Lipinski definition) is 3. The minimum absolute atomic E-state index is 0.0613. The first-order chi connectivity index (χ1) is 16.6. The van der Waals surface area contributed by atoms with E-state index in [-0.39, 0.29) is 53.1 Å². The fourth-order valence-corrected chi connectivity index (χ4v) is 4.96. The molecule has 186 valence electrons. The molecule has 3 atom stereocenters. The van der Waals surface area contributed by atoms with Crippen molar-refractivity contribution in [2.24, 2.45) is 17.8 Å². The Morgan fingerprint density at radius 2 is 2.06 bits per heavy atom. The van der Waals surface area contributed by atoms with E-state index in [1.807, 2.05) is 13.8 Å². The van der Waals surface area contributed by atoms with Crippen LogP contribution in [0.5, 0.6) is 5.75 Å². The second-order valence-corrected chi connectivity index (χ2v) is 10.4. The number of fused-ring (bicyclic) bond motifs is 1. The van der Waals surface area contributed by atoms with Crippen LogP contribution in [-0.4, -0.2) is 41.3 Å². The summed E-state index contributed by atoms with van der Waals surface area (Å²) in [6, 6.07) is 5.58. The highest BCUT2D eigenvalue weighted by molar-refractivity contribution is 6.02. The van der Waals surface area contributed by atoms with Gasteiger partial charge in [0.05, 0.1) is 24.4 Å². The van der Waals surface area contributed by atoms with E-state index in [2.05, 4.69) is 21.7 Å². The molecule has 1 aromatic carbocycles. The lowest BCUT2D eigenvalue weighted by Crippen LogP contribution is -2.40. The predicted molar refractivity (Wildman–Crippen MR) is 127 cm³/mol. The maximum absolute atomic E-state index is 14.3. The minimum atomic E-state index is -0.824. The number of halogens is 1. The molecule has 1 saturated carbocycles. The fraction of sp³-hybridized carbons (Fsp3) is 0.538. The van der Waals surface area contributed by atoms with Gasteiger partial charge in [-0.25, -0.2) is 4.39 Å². The number of Topliss-reactive ketones (excluding diaryl/α,β-unsaturated/α-hetero) is 1. The minimum Gasteiger partial charge on any atom is -0.496 e. The van der Waals surface area contributed by atoms with Crippen molar-refractivity contribution in [1.29, 1.82) is 5.26 Å². The highest BCUT2D eigenvalue weighted by Crippen LogP contribution is 2.37. The van der Waals surface area contributed by atoms with Gasteiger partial charge in [0.15, 0.2) is 5.78 Å². The smallest absolute Gasteiger partial charge is 0.224 e. The van der Waals surface area contributed by atoms with Gasteiger partial charge < -0.3 is 20.4 Å². The van der Waals surface area contributed by atoms with Gasteiger partial charge in [-0.05, 0) is 57.2 Å². The molecule has 4 rings (SSSR count). The zero-order valence-electron chi connectivity index (χ0n) is 20.2. The Balaban J connectivity index is 1.46. The number of H-pyrrole nitrogens is 1. The summed E-state index contributed by atoms with van der Waals surface area (Å²) in [4.78, 5) is 41.3. The molecule has 0 bridgehead atoms. The number of hydrogen-bond acceptors (Lipinski definition) is 5. The molecule has 3 N–H and O–H groups in total. The van der Waals surface area contributed by atoms with Crippen molar-refractivity contribution in [3.8, 4) is 11.8 Å². The van der Waals surface area contributed by atoms with Gasteiger partial charge in [0.2, 0.25) is 11.8 Å². The lowest BCUT2D eigenvalue weighted by atomic mass is 9.90. The topological polar surface area (TPSA) is 124 Å². The SMILES string of the molecule is COc1ccc(F)c2[nH]c(C(=O)C[C@@H](CC3CC3)C(=O)N[C@H](C#N)C[C@@H]3CC(C)(C)NC3=O)cc12. The molecular weight excluding hydrogens is 451 g/mol. The molecule has 2 heterocycles. The van der Waals surface area contributed by atoms with Crippen LogP contribution < -0.4 is 15.4 Å². The van der Waals surface area contributed by atoms with Crippen LogP contribution in [0.25, 0.3) is 10.9 Å². The van der Waals surface area contributed by atoms with Crippen molar-refractivity contribution < 1.29 is 23.5 Å². The fourth-order valence-electron chi connectivity index (χ4n) is 4.96. The molecule has 2 aliphatic rings.